The van der Waals surface area contributed by atoms with E-state index in [1.165, 1.54) is 26.4 Å². The van der Waals surface area contributed by atoms with Crippen molar-refractivity contribution >= 4 is 29.2 Å². The molecule has 0 fully saturated rings. The lowest BCUT2D eigenvalue weighted by molar-refractivity contribution is -0.384. The number of carbonyl (C=O) groups is 3. The molecule has 1 heterocycles. The van der Waals surface area contributed by atoms with Crippen molar-refractivity contribution in [2.75, 3.05) is 26.1 Å². The fourth-order valence-corrected chi connectivity index (χ4v) is 2.79. The van der Waals surface area contributed by atoms with Gasteiger partial charge >= 0.3 is 11.9 Å². The Labute approximate surface area is 171 Å². The van der Waals surface area contributed by atoms with Crippen LogP contribution in [-0.4, -0.2) is 48.6 Å². The van der Waals surface area contributed by atoms with Gasteiger partial charge in [-0.05, 0) is 25.0 Å². The molecule has 2 rings (SSSR count). The molecule has 160 valence electrons. The fraction of sp³-hybridized carbons (Fsp3) is 0.316. The van der Waals surface area contributed by atoms with Gasteiger partial charge in [0, 0.05) is 11.8 Å². The summed E-state index contributed by atoms with van der Waals surface area (Å²) in [4.78, 5) is 49.5. The number of esters is 2. The summed E-state index contributed by atoms with van der Waals surface area (Å²) in [6, 6.07) is 3.67. The normalized spacial score (nSPS) is 10.3. The number of aromatic nitrogens is 1. The maximum Gasteiger partial charge on any atom is 0.355 e. The van der Waals surface area contributed by atoms with Gasteiger partial charge in [-0.2, -0.15) is 0 Å². The maximum atomic E-state index is 12.4. The zero-order valence-electron chi connectivity index (χ0n) is 16.9. The number of ether oxygens (including phenoxy) is 3. The topological polar surface area (TPSA) is 150 Å². The number of amides is 1. The Morgan fingerprint density at radius 3 is 2.47 bits per heavy atom. The largest absolute Gasteiger partial charge is 0.494 e. The Morgan fingerprint density at radius 1 is 1.20 bits per heavy atom. The molecular formula is C19H21N3O8. The van der Waals surface area contributed by atoms with Crippen molar-refractivity contribution in [2.45, 2.75) is 20.3 Å². The van der Waals surface area contributed by atoms with Crippen LogP contribution in [0.2, 0.25) is 0 Å². The van der Waals surface area contributed by atoms with Gasteiger partial charge in [-0.3, -0.25) is 14.9 Å². The van der Waals surface area contributed by atoms with Gasteiger partial charge in [0.15, 0.2) is 6.61 Å². The van der Waals surface area contributed by atoms with Crippen LogP contribution in [-0.2, 0) is 20.7 Å². The Balaban J connectivity index is 2.09. The Kier molecular flexibility index (Phi) is 7.13. The monoisotopic (exact) mass is 419 g/mol. The van der Waals surface area contributed by atoms with Crippen LogP contribution in [0.4, 0.5) is 11.4 Å². The Bertz CT molecular complexity index is 996. The molecule has 0 saturated carbocycles. The fourth-order valence-electron chi connectivity index (χ4n) is 2.79. The highest BCUT2D eigenvalue weighted by atomic mass is 16.6. The summed E-state index contributed by atoms with van der Waals surface area (Å²) >= 11 is 0. The summed E-state index contributed by atoms with van der Waals surface area (Å²) in [5.74, 6) is -1.99. The van der Waals surface area contributed by atoms with Crippen molar-refractivity contribution in [1.29, 1.82) is 0 Å². The summed E-state index contributed by atoms with van der Waals surface area (Å²) < 4.78 is 14.8. The van der Waals surface area contributed by atoms with Crippen LogP contribution >= 0.6 is 0 Å². The first-order valence-electron chi connectivity index (χ1n) is 8.82. The zero-order valence-corrected chi connectivity index (χ0v) is 16.9. The molecule has 0 bridgehead atoms. The number of benzene rings is 1. The van der Waals surface area contributed by atoms with Crippen molar-refractivity contribution in [3.63, 3.8) is 0 Å². The van der Waals surface area contributed by atoms with Gasteiger partial charge in [0.05, 0.1) is 36.5 Å². The van der Waals surface area contributed by atoms with Crippen LogP contribution in [0.3, 0.4) is 0 Å². The predicted octanol–water partition coefficient (Wildman–Crippen LogP) is 2.38. The third kappa shape index (κ3) is 4.74. The number of nitrogens with zero attached hydrogens (tertiary/aromatic N) is 1. The van der Waals surface area contributed by atoms with E-state index in [0.717, 1.165) is 6.07 Å². The highest BCUT2D eigenvalue weighted by molar-refractivity contribution is 6.00. The van der Waals surface area contributed by atoms with E-state index in [1.54, 1.807) is 13.8 Å². The van der Waals surface area contributed by atoms with Gasteiger partial charge in [0.1, 0.15) is 11.4 Å². The van der Waals surface area contributed by atoms with Crippen LogP contribution in [0.5, 0.6) is 5.75 Å². The summed E-state index contributed by atoms with van der Waals surface area (Å²) in [6.45, 7) is 2.75. The van der Waals surface area contributed by atoms with Crippen molar-refractivity contribution in [1.82, 2.24) is 4.98 Å². The van der Waals surface area contributed by atoms with Crippen molar-refractivity contribution < 1.29 is 33.5 Å². The van der Waals surface area contributed by atoms with Gasteiger partial charge in [0.25, 0.3) is 11.6 Å². The number of non-ortho nitro benzene ring substituents is 1. The van der Waals surface area contributed by atoms with Gasteiger partial charge in [-0.1, -0.05) is 6.92 Å². The molecule has 1 aromatic heterocycles. The van der Waals surface area contributed by atoms with Crippen LogP contribution < -0.4 is 10.1 Å². The third-order valence-corrected chi connectivity index (χ3v) is 4.28. The molecule has 11 nitrogen and oxygen atoms in total. The maximum absolute atomic E-state index is 12.4. The van der Waals surface area contributed by atoms with E-state index < -0.39 is 29.4 Å². The Hall–Kier alpha value is -3.89. The predicted molar refractivity (Wildman–Crippen MR) is 105 cm³/mol. The molecule has 0 aliphatic heterocycles. The van der Waals surface area contributed by atoms with Crippen molar-refractivity contribution in [2.24, 2.45) is 0 Å². The molecular weight excluding hydrogens is 398 g/mol. The molecule has 0 radical (unpaired) electrons. The number of aromatic amines is 1. The summed E-state index contributed by atoms with van der Waals surface area (Å²) in [5, 5.41) is 13.3. The SMILES string of the molecule is CCc1[nH]c(C(=O)OCC(=O)Nc2ccc([N+](=O)[O-])cc2OC)c(C)c1C(=O)OC. The van der Waals surface area contributed by atoms with Crippen LogP contribution in [0.25, 0.3) is 0 Å². The molecule has 0 atom stereocenters. The number of nitro groups is 1. The highest BCUT2D eigenvalue weighted by Crippen LogP contribution is 2.29. The standard InChI is InChI=1S/C19H21N3O8/c1-5-12-16(18(24)29-4)10(2)17(21-12)19(25)30-9-15(23)20-13-7-6-11(22(26)27)8-14(13)28-3/h6-8,21H,5,9H2,1-4H3,(H,20,23). The number of nitrogens with one attached hydrogen (secondary N) is 2. The quantitative estimate of drug-likeness (QED) is 0.376. The van der Waals surface area contributed by atoms with E-state index in [0.29, 0.717) is 17.7 Å². The second-order valence-electron chi connectivity index (χ2n) is 6.09. The average Bonchev–Trinajstić information content (AvgIpc) is 3.07. The summed E-state index contributed by atoms with van der Waals surface area (Å²) in [7, 11) is 2.54. The first kappa shape index (κ1) is 22.4. The summed E-state index contributed by atoms with van der Waals surface area (Å²) in [6.07, 6.45) is 0.457. The zero-order chi connectivity index (χ0) is 22.4. The molecule has 0 unspecified atom stereocenters. The van der Waals surface area contributed by atoms with Crippen LogP contribution in [0, 0.1) is 17.0 Å². The van der Waals surface area contributed by atoms with Crippen LogP contribution in [0.15, 0.2) is 18.2 Å². The number of hydrogen-bond acceptors (Lipinski definition) is 8. The second kappa shape index (κ2) is 9.54. The molecule has 11 heteroatoms. The number of methoxy groups -OCH3 is 2. The number of nitro benzene ring substituents is 1. The minimum absolute atomic E-state index is 0.0490. The molecule has 0 aliphatic carbocycles. The van der Waals surface area contributed by atoms with Crippen LogP contribution in [0.1, 0.15) is 39.0 Å². The lowest BCUT2D eigenvalue weighted by Gasteiger charge is -2.10. The molecule has 0 saturated heterocycles. The van der Waals surface area contributed by atoms with Gasteiger partial charge in [-0.15, -0.1) is 0 Å². The molecule has 1 aromatic carbocycles. The molecule has 2 N–H and O–H groups in total. The minimum Gasteiger partial charge on any atom is -0.494 e. The van der Waals surface area contributed by atoms with Crippen molar-refractivity contribution in [3.8, 4) is 5.75 Å². The van der Waals surface area contributed by atoms with E-state index in [1.807, 2.05) is 0 Å². The lowest BCUT2D eigenvalue weighted by atomic mass is 10.1. The molecule has 30 heavy (non-hydrogen) atoms. The summed E-state index contributed by atoms with van der Waals surface area (Å²) in [5.41, 5.74) is 1.17. The number of aryl methyl sites for hydroxylation is 1. The van der Waals surface area contributed by atoms with Crippen molar-refractivity contribution in [3.05, 3.63) is 50.8 Å². The van der Waals surface area contributed by atoms with Gasteiger partial charge in [-0.25, -0.2) is 9.59 Å². The minimum atomic E-state index is -0.817. The average molecular weight is 419 g/mol. The van der Waals surface area contributed by atoms with E-state index in [2.05, 4.69) is 10.3 Å². The second-order valence-corrected chi connectivity index (χ2v) is 6.09. The van der Waals surface area contributed by atoms with E-state index in [4.69, 9.17) is 14.2 Å². The molecule has 0 aliphatic rings. The number of carbonyl (C=O) groups excluding carboxylic acids is 3. The number of anilines is 1. The Morgan fingerprint density at radius 2 is 1.90 bits per heavy atom. The molecule has 0 spiro atoms. The lowest BCUT2D eigenvalue weighted by Crippen LogP contribution is -2.21. The van der Waals surface area contributed by atoms with E-state index in [-0.39, 0.29) is 28.4 Å². The van der Waals surface area contributed by atoms with Gasteiger partial charge in [0.2, 0.25) is 0 Å². The first-order chi connectivity index (χ1) is 14.2. The molecule has 1 amide bonds. The van der Waals surface area contributed by atoms with Gasteiger partial charge < -0.3 is 24.5 Å². The van der Waals surface area contributed by atoms with E-state index in [9.17, 15) is 24.5 Å². The number of hydrogen-bond donors (Lipinski definition) is 2. The third-order valence-electron chi connectivity index (χ3n) is 4.28. The number of rotatable bonds is 8. The smallest absolute Gasteiger partial charge is 0.355 e. The molecule has 2 aromatic rings. The highest BCUT2D eigenvalue weighted by Gasteiger charge is 2.25. The number of H-pyrrole nitrogens is 1. The van der Waals surface area contributed by atoms with E-state index >= 15 is 0 Å². The first-order valence-corrected chi connectivity index (χ1v) is 8.82.